The zero-order chi connectivity index (χ0) is 13.7. The van der Waals surface area contributed by atoms with E-state index in [-0.39, 0.29) is 18.5 Å². The molecule has 1 aromatic heterocycles. The molecule has 1 heterocycles. The number of hydrogen-bond donors (Lipinski definition) is 2. The first-order chi connectivity index (χ1) is 9.20. The first kappa shape index (κ1) is 13.8. The Morgan fingerprint density at radius 2 is 2.05 bits per heavy atom. The van der Waals surface area contributed by atoms with Gasteiger partial charge < -0.3 is 11.1 Å². The second-order valence-electron chi connectivity index (χ2n) is 4.48. The van der Waals surface area contributed by atoms with Crippen molar-refractivity contribution in [2.45, 2.75) is 19.4 Å². The molecule has 2 aromatic rings. The molecule has 2 rings (SSSR count). The number of carbonyl (C=O) groups excluding carboxylic acids is 1. The fourth-order valence-electron chi connectivity index (χ4n) is 2.05. The minimum atomic E-state index is -0.117. The average Bonchev–Trinajstić information content (AvgIpc) is 2.85. The van der Waals surface area contributed by atoms with Crippen molar-refractivity contribution in [3.63, 3.8) is 0 Å². The van der Waals surface area contributed by atoms with Crippen LogP contribution in [0.5, 0.6) is 0 Å². The summed E-state index contributed by atoms with van der Waals surface area (Å²) < 4.78 is 0. The predicted molar refractivity (Wildman–Crippen MR) is 79.1 cm³/mol. The van der Waals surface area contributed by atoms with Crippen LogP contribution in [-0.4, -0.2) is 12.5 Å². The molecular formula is C15H18N2OS. The Bertz CT molecular complexity index is 536. The fourth-order valence-corrected chi connectivity index (χ4v) is 3.03. The van der Waals surface area contributed by atoms with Crippen LogP contribution >= 0.6 is 11.3 Å². The lowest BCUT2D eigenvalue weighted by Crippen LogP contribution is -2.34. The van der Waals surface area contributed by atoms with E-state index in [4.69, 9.17) is 5.73 Å². The molecule has 0 bridgehead atoms. The summed E-state index contributed by atoms with van der Waals surface area (Å²) in [4.78, 5) is 12.8. The van der Waals surface area contributed by atoms with Gasteiger partial charge in [-0.05, 0) is 35.9 Å². The van der Waals surface area contributed by atoms with Crippen molar-refractivity contribution < 1.29 is 4.79 Å². The Morgan fingerprint density at radius 3 is 2.63 bits per heavy atom. The number of benzene rings is 1. The summed E-state index contributed by atoms with van der Waals surface area (Å²) in [6.07, 6.45) is 0.786. The maximum absolute atomic E-state index is 11.6. The summed E-state index contributed by atoms with van der Waals surface area (Å²) in [6.45, 7) is 2.09. The summed E-state index contributed by atoms with van der Waals surface area (Å²) in [5.41, 5.74) is 7.81. The monoisotopic (exact) mass is 274 g/mol. The number of amides is 1. The quantitative estimate of drug-likeness (QED) is 0.879. The van der Waals surface area contributed by atoms with E-state index in [0.717, 1.165) is 6.42 Å². The van der Waals surface area contributed by atoms with E-state index < -0.39 is 0 Å². The molecule has 0 aliphatic rings. The Hall–Kier alpha value is -1.65. The van der Waals surface area contributed by atoms with Gasteiger partial charge in [0.25, 0.3) is 0 Å². The number of nitrogens with two attached hydrogens (primary N) is 1. The molecule has 19 heavy (non-hydrogen) atoms. The van der Waals surface area contributed by atoms with E-state index in [0.29, 0.717) is 0 Å². The lowest BCUT2D eigenvalue weighted by molar-refractivity contribution is -0.120. The van der Waals surface area contributed by atoms with E-state index in [2.05, 4.69) is 35.8 Å². The molecule has 4 heteroatoms. The van der Waals surface area contributed by atoms with E-state index in [1.165, 1.54) is 16.0 Å². The molecule has 0 aliphatic carbocycles. The molecule has 0 aliphatic heterocycles. The second kappa shape index (κ2) is 6.50. The van der Waals surface area contributed by atoms with Gasteiger partial charge in [0, 0.05) is 4.88 Å². The van der Waals surface area contributed by atoms with Crippen LogP contribution in [0.4, 0.5) is 0 Å². The van der Waals surface area contributed by atoms with Crippen LogP contribution in [0.1, 0.15) is 22.0 Å². The highest BCUT2D eigenvalue weighted by atomic mass is 32.1. The topological polar surface area (TPSA) is 55.1 Å². The smallest absolute Gasteiger partial charge is 0.234 e. The third kappa shape index (κ3) is 3.66. The molecule has 3 nitrogen and oxygen atoms in total. The van der Waals surface area contributed by atoms with Crippen LogP contribution in [0, 0.1) is 6.92 Å². The minimum Gasteiger partial charge on any atom is -0.347 e. The number of nitrogens with one attached hydrogen (secondary N) is 1. The highest BCUT2D eigenvalue weighted by Gasteiger charge is 2.17. The van der Waals surface area contributed by atoms with Gasteiger partial charge in [-0.25, -0.2) is 0 Å². The summed E-state index contributed by atoms with van der Waals surface area (Å²) in [7, 11) is 0. The van der Waals surface area contributed by atoms with Crippen LogP contribution in [0.3, 0.4) is 0 Å². The minimum absolute atomic E-state index is 0.00144. The van der Waals surface area contributed by atoms with Crippen LogP contribution in [0.25, 0.3) is 0 Å². The van der Waals surface area contributed by atoms with E-state index >= 15 is 0 Å². The molecule has 1 atom stereocenters. The molecule has 1 amide bonds. The van der Waals surface area contributed by atoms with Crippen molar-refractivity contribution in [3.05, 3.63) is 57.8 Å². The molecular weight excluding hydrogens is 256 g/mol. The number of carbonyl (C=O) groups is 1. The molecule has 1 aromatic carbocycles. The fraction of sp³-hybridized carbons (Fsp3) is 0.267. The highest BCUT2D eigenvalue weighted by Crippen LogP contribution is 2.26. The zero-order valence-electron chi connectivity index (χ0n) is 10.9. The van der Waals surface area contributed by atoms with Gasteiger partial charge in [-0.1, -0.05) is 30.3 Å². The van der Waals surface area contributed by atoms with E-state index in [9.17, 15) is 4.79 Å². The third-order valence-corrected chi connectivity index (χ3v) is 4.15. The number of thiophene rings is 1. The van der Waals surface area contributed by atoms with E-state index in [1.54, 1.807) is 11.3 Å². The van der Waals surface area contributed by atoms with Crippen molar-refractivity contribution in [2.24, 2.45) is 5.73 Å². The van der Waals surface area contributed by atoms with Crippen molar-refractivity contribution in [1.82, 2.24) is 5.32 Å². The Kier molecular flexibility index (Phi) is 4.71. The summed E-state index contributed by atoms with van der Waals surface area (Å²) in [5.74, 6) is -0.117. The van der Waals surface area contributed by atoms with Gasteiger partial charge in [0.1, 0.15) is 0 Å². The molecule has 0 spiro atoms. The highest BCUT2D eigenvalue weighted by molar-refractivity contribution is 7.10. The molecule has 0 saturated heterocycles. The second-order valence-corrected chi connectivity index (χ2v) is 5.43. The summed E-state index contributed by atoms with van der Waals surface area (Å²) in [5, 5.41) is 5.06. The van der Waals surface area contributed by atoms with Crippen molar-refractivity contribution in [2.75, 3.05) is 6.54 Å². The lowest BCUT2D eigenvalue weighted by atomic mass is 10.0. The zero-order valence-corrected chi connectivity index (χ0v) is 11.7. The Morgan fingerprint density at radius 1 is 1.32 bits per heavy atom. The molecule has 0 radical (unpaired) electrons. The Balaban J connectivity index is 2.20. The SMILES string of the molecule is Cc1ccsc1C(Cc1ccccc1)NC(=O)CN. The molecule has 100 valence electrons. The van der Waals surface area contributed by atoms with Gasteiger partial charge in [0.2, 0.25) is 5.91 Å². The normalized spacial score (nSPS) is 12.1. The molecule has 0 fully saturated rings. The first-order valence-electron chi connectivity index (χ1n) is 6.28. The van der Waals surface area contributed by atoms with Gasteiger partial charge >= 0.3 is 0 Å². The summed E-state index contributed by atoms with van der Waals surface area (Å²) >= 11 is 1.67. The van der Waals surface area contributed by atoms with Gasteiger partial charge in [-0.2, -0.15) is 0 Å². The molecule has 3 N–H and O–H groups in total. The van der Waals surface area contributed by atoms with Crippen LogP contribution < -0.4 is 11.1 Å². The van der Waals surface area contributed by atoms with Crippen molar-refractivity contribution in [1.29, 1.82) is 0 Å². The Labute approximate surface area is 117 Å². The van der Waals surface area contributed by atoms with Crippen LogP contribution in [-0.2, 0) is 11.2 Å². The number of hydrogen-bond acceptors (Lipinski definition) is 3. The summed E-state index contributed by atoms with van der Waals surface area (Å²) in [6, 6.07) is 12.2. The lowest BCUT2D eigenvalue weighted by Gasteiger charge is -2.18. The number of rotatable bonds is 5. The standard InChI is InChI=1S/C15H18N2OS/c1-11-7-8-19-15(11)13(17-14(18)10-16)9-12-5-3-2-4-6-12/h2-8,13H,9-10,16H2,1H3,(H,17,18). The number of aryl methyl sites for hydroxylation is 1. The maximum atomic E-state index is 11.6. The van der Waals surface area contributed by atoms with Gasteiger partial charge in [-0.15, -0.1) is 11.3 Å². The van der Waals surface area contributed by atoms with Gasteiger partial charge in [0.05, 0.1) is 12.6 Å². The van der Waals surface area contributed by atoms with Crippen molar-refractivity contribution >= 4 is 17.2 Å². The van der Waals surface area contributed by atoms with E-state index in [1.807, 2.05) is 18.2 Å². The van der Waals surface area contributed by atoms with Crippen LogP contribution in [0.2, 0.25) is 0 Å². The van der Waals surface area contributed by atoms with Crippen LogP contribution in [0.15, 0.2) is 41.8 Å². The molecule has 0 saturated carbocycles. The van der Waals surface area contributed by atoms with Crippen molar-refractivity contribution in [3.8, 4) is 0 Å². The predicted octanol–water partition coefficient (Wildman–Crippen LogP) is 2.42. The molecule has 1 unspecified atom stereocenters. The third-order valence-electron chi connectivity index (χ3n) is 3.02. The van der Waals surface area contributed by atoms with Gasteiger partial charge in [-0.3, -0.25) is 4.79 Å². The first-order valence-corrected chi connectivity index (χ1v) is 7.16. The average molecular weight is 274 g/mol. The van der Waals surface area contributed by atoms with Gasteiger partial charge in [0.15, 0.2) is 0 Å². The largest absolute Gasteiger partial charge is 0.347 e. The maximum Gasteiger partial charge on any atom is 0.234 e.